The van der Waals surface area contributed by atoms with Crippen LogP contribution >= 0.6 is 0 Å². The van der Waals surface area contributed by atoms with E-state index in [1.165, 1.54) is 37.7 Å². The fourth-order valence-electron chi connectivity index (χ4n) is 8.04. The number of allylic oxidation sites excluding steroid dienone is 1. The van der Waals surface area contributed by atoms with Gasteiger partial charge in [-0.3, -0.25) is 9.59 Å². The SMILES string of the molecule is C[C@]12CCC(=O)C=C1CC[C@@H]1[C@@H]2CC[C@]2(C)C(C3CCC(=O)O3)CC[C@@H]12. The fraction of sp³-hybridized carbons (Fsp3) is 0.826. The zero-order chi connectivity index (χ0) is 18.1. The van der Waals surface area contributed by atoms with Gasteiger partial charge in [0.05, 0.1) is 0 Å². The first-order valence-electron chi connectivity index (χ1n) is 10.9. The van der Waals surface area contributed by atoms with E-state index in [2.05, 4.69) is 13.8 Å². The number of ether oxygens (including phenoxy) is 1. The second-order valence-electron chi connectivity index (χ2n) is 10.3. The molecule has 4 fully saturated rings. The van der Waals surface area contributed by atoms with Crippen molar-refractivity contribution in [3.05, 3.63) is 11.6 Å². The topological polar surface area (TPSA) is 43.4 Å². The maximum absolute atomic E-state index is 12.0. The van der Waals surface area contributed by atoms with Crippen LogP contribution in [0.15, 0.2) is 11.6 Å². The number of hydrogen-bond acceptors (Lipinski definition) is 3. The Morgan fingerprint density at radius 1 is 0.885 bits per heavy atom. The number of rotatable bonds is 1. The largest absolute Gasteiger partial charge is 0.462 e. The number of ketones is 1. The van der Waals surface area contributed by atoms with Crippen molar-refractivity contribution in [2.24, 2.45) is 34.5 Å². The molecule has 4 aliphatic carbocycles. The van der Waals surface area contributed by atoms with E-state index >= 15 is 0 Å². The lowest BCUT2D eigenvalue weighted by atomic mass is 9.46. The van der Waals surface area contributed by atoms with Gasteiger partial charge in [-0.2, -0.15) is 0 Å². The molecule has 0 aromatic rings. The average molecular weight is 357 g/mol. The van der Waals surface area contributed by atoms with Gasteiger partial charge in [-0.1, -0.05) is 19.4 Å². The Bertz CT molecular complexity index is 679. The van der Waals surface area contributed by atoms with Crippen molar-refractivity contribution < 1.29 is 14.3 Å². The molecule has 1 aliphatic heterocycles. The Hall–Kier alpha value is -1.12. The molecule has 142 valence electrons. The first-order chi connectivity index (χ1) is 12.4. The van der Waals surface area contributed by atoms with E-state index in [-0.39, 0.29) is 17.5 Å². The van der Waals surface area contributed by atoms with E-state index in [0.29, 0.717) is 23.5 Å². The lowest BCUT2D eigenvalue weighted by molar-refractivity contribution is -0.146. The molecule has 0 bridgehead atoms. The van der Waals surface area contributed by atoms with Crippen LogP contribution in [0.3, 0.4) is 0 Å². The van der Waals surface area contributed by atoms with Gasteiger partial charge in [0.25, 0.3) is 0 Å². The van der Waals surface area contributed by atoms with Gasteiger partial charge in [0.2, 0.25) is 0 Å². The van der Waals surface area contributed by atoms with Crippen LogP contribution in [0.2, 0.25) is 0 Å². The molecule has 0 aromatic carbocycles. The van der Waals surface area contributed by atoms with E-state index in [0.717, 1.165) is 43.4 Å². The molecule has 0 amide bonds. The van der Waals surface area contributed by atoms with E-state index in [1.807, 2.05) is 6.08 Å². The molecule has 5 rings (SSSR count). The average Bonchev–Trinajstić information content (AvgIpc) is 3.18. The zero-order valence-electron chi connectivity index (χ0n) is 16.3. The molecular weight excluding hydrogens is 324 g/mol. The van der Waals surface area contributed by atoms with Gasteiger partial charge < -0.3 is 4.74 Å². The highest BCUT2D eigenvalue weighted by atomic mass is 16.5. The predicted molar refractivity (Wildman–Crippen MR) is 99.3 cm³/mol. The summed E-state index contributed by atoms with van der Waals surface area (Å²) in [5.74, 6) is 3.26. The smallest absolute Gasteiger partial charge is 0.306 e. The Morgan fingerprint density at radius 3 is 2.46 bits per heavy atom. The summed E-state index contributed by atoms with van der Waals surface area (Å²) in [6.07, 6.45) is 13.0. The molecule has 2 unspecified atom stereocenters. The highest BCUT2D eigenvalue weighted by Crippen LogP contribution is 2.67. The van der Waals surface area contributed by atoms with E-state index < -0.39 is 0 Å². The molecule has 5 aliphatic rings. The molecular formula is C23H32O3. The lowest BCUT2D eigenvalue weighted by Crippen LogP contribution is -2.51. The number of hydrogen-bond donors (Lipinski definition) is 0. The molecule has 7 atom stereocenters. The van der Waals surface area contributed by atoms with Gasteiger partial charge in [-0.15, -0.1) is 0 Å². The second-order valence-corrected chi connectivity index (χ2v) is 10.3. The summed E-state index contributed by atoms with van der Waals surface area (Å²) in [4.78, 5) is 23.6. The third-order valence-corrected chi connectivity index (χ3v) is 9.40. The third kappa shape index (κ3) is 2.24. The van der Waals surface area contributed by atoms with E-state index in [1.54, 1.807) is 0 Å². The molecule has 1 heterocycles. The maximum Gasteiger partial charge on any atom is 0.306 e. The first kappa shape index (κ1) is 17.0. The Kier molecular flexibility index (Phi) is 3.72. The second kappa shape index (κ2) is 5.69. The van der Waals surface area contributed by atoms with Crippen LogP contribution in [0.1, 0.15) is 78.1 Å². The molecule has 0 spiro atoms. The first-order valence-corrected chi connectivity index (χ1v) is 10.9. The van der Waals surface area contributed by atoms with Crippen LogP contribution in [0.25, 0.3) is 0 Å². The van der Waals surface area contributed by atoms with Gasteiger partial charge >= 0.3 is 5.97 Å². The number of carbonyl (C=O) groups excluding carboxylic acids is 2. The number of fused-ring (bicyclic) bond motifs is 5. The minimum absolute atomic E-state index is 0.0163. The number of carbonyl (C=O) groups is 2. The summed E-state index contributed by atoms with van der Waals surface area (Å²) < 4.78 is 5.73. The van der Waals surface area contributed by atoms with Crippen molar-refractivity contribution in [2.45, 2.75) is 84.2 Å². The normalized spacial score (nSPS) is 50.5. The quantitative estimate of drug-likeness (QED) is 0.631. The van der Waals surface area contributed by atoms with Gasteiger partial charge in [0.15, 0.2) is 5.78 Å². The minimum Gasteiger partial charge on any atom is -0.462 e. The summed E-state index contributed by atoms with van der Waals surface area (Å²) in [5.41, 5.74) is 2.06. The third-order valence-electron chi connectivity index (χ3n) is 9.40. The molecule has 0 radical (unpaired) electrons. The summed E-state index contributed by atoms with van der Waals surface area (Å²) >= 11 is 0. The number of cyclic esters (lactones) is 1. The zero-order valence-corrected chi connectivity index (χ0v) is 16.3. The maximum atomic E-state index is 12.0. The minimum atomic E-state index is 0.0163. The summed E-state index contributed by atoms with van der Waals surface area (Å²) in [5, 5.41) is 0. The Labute approximate surface area is 156 Å². The molecule has 26 heavy (non-hydrogen) atoms. The Balaban J connectivity index is 1.42. The van der Waals surface area contributed by atoms with Gasteiger partial charge in [-0.05, 0) is 86.0 Å². The van der Waals surface area contributed by atoms with Crippen molar-refractivity contribution in [3.63, 3.8) is 0 Å². The van der Waals surface area contributed by atoms with Gasteiger partial charge in [0, 0.05) is 18.8 Å². The Morgan fingerprint density at radius 2 is 1.69 bits per heavy atom. The van der Waals surface area contributed by atoms with Crippen molar-refractivity contribution in [2.75, 3.05) is 0 Å². The van der Waals surface area contributed by atoms with Crippen LogP contribution in [-0.4, -0.2) is 17.9 Å². The van der Waals surface area contributed by atoms with Gasteiger partial charge in [-0.25, -0.2) is 0 Å². The molecule has 1 saturated heterocycles. The molecule has 0 N–H and O–H groups in total. The molecule has 3 nitrogen and oxygen atoms in total. The van der Waals surface area contributed by atoms with Crippen molar-refractivity contribution in [1.82, 2.24) is 0 Å². The van der Waals surface area contributed by atoms with Crippen LogP contribution in [-0.2, 0) is 14.3 Å². The summed E-state index contributed by atoms with van der Waals surface area (Å²) in [7, 11) is 0. The van der Waals surface area contributed by atoms with Gasteiger partial charge in [0.1, 0.15) is 6.10 Å². The summed E-state index contributed by atoms with van der Waals surface area (Å²) in [6.45, 7) is 4.96. The van der Waals surface area contributed by atoms with Crippen LogP contribution in [0.5, 0.6) is 0 Å². The number of esters is 1. The van der Waals surface area contributed by atoms with E-state index in [4.69, 9.17) is 4.74 Å². The molecule has 3 saturated carbocycles. The molecule has 0 aromatic heterocycles. The predicted octanol–water partition coefficient (Wildman–Crippen LogP) is 4.84. The monoisotopic (exact) mass is 356 g/mol. The molecule has 3 heteroatoms. The van der Waals surface area contributed by atoms with E-state index in [9.17, 15) is 9.59 Å². The van der Waals surface area contributed by atoms with Crippen molar-refractivity contribution in [1.29, 1.82) is 0 Å². The lowest BCUT2D eigenvalue weighted by Gasteiger charge is -2.58. The highest BCUT2D eigenvalue weighted by Gasteiger charge is 2.60. The van der Waals surface area contributed by atoms with Crippen LogP contribution in [0.4, 0.5) is 0 Å². The van der Waals surface area contributed by atoms with Crippen LogP contribution < -0.4 is 0 Å². The standard InChI is InChI=1S/C23H32O3/c1-22-11-9-15(24)13-14(22)3-4-16-17-5-6-19(20-7-8-21(25)26-20)23(17,2)12-10-18(16)22/h13,16-20H,3-12H2,1-2H3/t16-,17-,18-,19?,20?,22-,23-/m0/s1. The summed E-state index contributed by atoms with van der Waals surface area (Å²) in [6, 6.07) is 0. The van der Waals surface area contributed by atoms with Crippen molar-refractivity contribution in [3.8, 4) is 0 Å². The van der Waals surface area contributed by atoms with Crippen molar-refractivity contribution >= 4 is 11.8 Å². The fourth-order valence-corrected chi connectivity index (χ4v) is 8.04. The van der Waals surface area contributed by atoms with Crippen LogP contribution in [0, 0.1) is 34.5 Å². The highest BCUT2D eigenvalue weighted by molar-refractivity contribution is 5.91.